The topological polar surface area (TPSA) is 79.0 Å². The Bertz CT molecular complexity index is 957. The Morgan fingerprint density at radius 2 is 1.72 bits per heavy atom. The first-order valence-corrected chi connectivity index (χ1v) is 10.5. The van der Waals surface area contributed by atoms with Gasteiger partial charge in [-0.1, -0.05) is 52.0 Å². The van der Waals surface area contributed by atoms with Crippen LogP contribution >= 0.6 is 0 Å². The van der Waals surface area contributed by atoms with Gasteiger partial charge < -0.3 is 10.3 Å². The lowest BCUT2D eigenvalue weighted by molar-refractivity contribution is 0.0924. The van der Waals surface area contributed by atoms with Crippen molar-refractivity contribution in [3.63, 3.8) is 0 Å². The predicted octanol–water partition coefficient (Wildman–Crippen LogP) is 4.53. The van der Waals surface area contributed by atoms with E-state index in [2.05, 4.69) is 36.3 Å². The molecular weight excluding hydrogens is 364 g/mol. The average molecular weight is 395 g/mol. The maximum Gasteiger partial charge on any atom is 0.261 e. The Morgan fingerprint density at radius 1 is 1.07 bits per heavy atom. The molecule has 0 fully saturated rings. The molecule has 0 spiro atoms. The second-order valence-electron chi connectivity index (χ2n) is 8.35. The number of H-pyrrole nitrogens is 1. The normalized spacial score (nSPS) is 15.7. The van der Waals surface area contributed by atoms with E-state index in [4.69, 9.17) is 0 Å². The number of carbonyl (C=O) groups excluding carboxylic acids is 2. The van der Waals surface area contributed by atoms with Gasteiger partial charge in [-0.3, -0.25) is 14.4 Å². The summed E-state index contributed by atoms with van der Waals surface area (Å²) in [5.74, 6) is 0.171. The Kier molecular flexibility index (Phi) is 6.36. The lowest BCUT2D eigenvalue weighted by Crippen LogP contribution is -2.36. The number of Topliss-reactive ketones (excluding diaryl/α,β-unsaturated/α-hetero) is 1. The van der Waals surface area contributed by atoms with Crippen molar-refractivity contribution in [3.05, 3.63) is 68.6 Å². The minimum atomic E-state index is -0.447. The molecular formula is C24H30N2O3. The number of aromatic nitrogens is 1. The molecule has 5 nitrogen and oxygen atoms in total. The first-order valence-electron chi connectivity index (χ1n) is 10.5. The van der Waals surface area contributed by atoms with Crippen molar-refractivity contribution in [1.82, 2.24) is 10.3 Å². The predicted molar refractivity (Wildman–Crippen MR) is 115 cm³/mol. The van der Waals surface area contributed by atoms with Crippen LogP contribution in [-0.4, -0.2) is 16.7 Å². The highest BCUT2D eigenvalue weighted by atomic mass is 16.2. The number of hydrogen-bond acceptors (Lipinski definition) is 3. The average Bonchev–Trinajstić information content (AvgIpc) is 2.71. The number of aryl methyl sites for hydroxylation is 1. The molecule has 0 saturated heterocycles. The highest BCUT2D eigenvalue weighted by molar-refractivity contribution is 6.01. The number of carbonyl (C=O) groups is 2. The van der Waals surface area contributed by atoms with Crippen molar-refractivity contribution in [2.75, 3.05) is 0 Å². The highest BCUT2D eigenvalue weighted by Crippen LogP contribution is 2.26. The SMILES string of the molecule is CCC(C)c1ccc(C(NC(=O)c2cc3c([nH]c2=O)CCCC3=O)C(C)C)cc1. The van der Waals surface area contributed by atoms with Crippen molar-refractivity contribution in [2.45, 2.75) is 65.3 Å². The monoisotopic (exact) mass is 394 g/mol. The third-order valence-corrected chi connectivity index (χ3v) is 5.93. The van der Waals surface area contributed by atoms with Gasteiger partial charge in [0.2, 0.25) is 0 Å². The molecule has 1 heterocycles. The third kappa shape index (κ3) is 4.50. The van der Waals surface area contributed by atoms with Gasteiger partial charge in [0.1, 0.15) is 5.56 Å². The second kappa shape index (κ2) is 8.76. The molecule has 0 bridgehead atoms. The minimum Gasteiger partial charge on any atom is -0.345 e. The largest absolute Gasteiger partial charge is 0.345 e. The summed E-state index contributed by atoms with van der Waals surface area (Å²) in [5, 5.41) is 3.00. The molecule has 0 radical (unpaired) electrons. The third-order valence-electron chi connectivity index (χ3n) is 5.93. The number of rotatable bonds is 6. The van der Waals surface area contributed by atoms with Crippen LogP contribution in [0.15, 0.2) is 35.1 Å². The van der Waals surface area contributed by atoms with Gasteiger partial charge in [0, 0.05) is 17.7 Å². The van der Waals surface area contributed by atoms with Crippen molar-refractivity contribution < 1.29 is 9.59 Å². The summed E-state index contributed by atoms with van der Waals surface area (Å²) in [5.41, 5.74) is 2.95. The lowest BCUT2D eigenvalue weighted by Gasteiger charge is -2.24. The fraction of sp³-hybridized carbons (Fsp3) is 0.458. The number of amides is 1. The first kappa shape index (κ1) is 21.0. The number of nitrogens with one attached hydrogen (secondary N) is 2. The number of benzene rings is 1. The molecule has 2 atom stereocenters. The molecule has 0 saturated carbocycles. The molecule has 1 amide bonds. The molecule has 1 aliphatic rings. The molecule has 0 aliphatic heterocycles. The van der Waals surface area contributed by atoms with E-state index in [0.717, 1.165) is 18.4 Å². The lowest BCUT2D eigenvalue weighted by atomic mass is 9.91. The zero-order chi connectivity index (χ0) is 21.1. The molecule has 2 aromatic rings. The van der Waals surface area contributed by atoms with Crippen molar-refractivity contribution >= 4 is 11.7 Å². The van der Waals surface area contributed by atoms with Crippen molar-refractivity contribution in [1.29, 1.82) is 0 Å². The summed E-state index contributed by atoms with van der Waals surface area (Å²) in [6.45, 7) is 8.43. The Balaban J connectivity index is 1.86. The Labute approximate surface area is 171 Å². The molecule has 1 aromatic heterocycles. The van der Waals surface area contributed by atoms with Crippen LogP contribution in [0.2, 0.25) is 0 Å². The molecule has 1 aliphatic carbocycles. The van der Waals surface area contributed by atoms with Crippen LogP contribution < -0.4 is 10.9 Å². The zero-order valence-electron chi connectivity index (χ0n) is 17.7. The van der Waals surface area contributed by atoms with Crippen molar-refractivity contribution in [2.24, 2.45) is 5.92 Å². The summed E-state index contributed by atoms with van der Waals surface area (Å²) in [7, 11) is 0. The molecule has 5 heteroatoms. The fourth-order valence-corrected chi connectivity index (χ4v) is 3.87. The Hall–Kier alpha value is -2.69. The Morgan fingerprint density at radius 3 is 2.34 bits per heavy atom. The van der Waals surface area contributed by atoms with E-state index >= 15 is 0 Å². The van der Waals surface area contributed by atoms with Gasteiger partial charge in [-0.15, -0.1) is 0 Å². The van der Waals surface area contributed by atoms with Crippen LogP contribution in [0.4, 0.5) is 0 Å². The summed E-state index contributed by atoms with van der Waals surface area (Å²) < 4.78 is 0. The van der Waals surface area contributed by atoms with E-state index in [1.165, 1.54) is 11.6 Å². The van der Waals surface area contributed by atoms with Crippen LogP contribution in [0.1, 0.15) is 96.5 Å². The van der Waals surface area contributed by atoms with Crippen molar-refractivity contribution in [3.8, 4) is 0 Å². The van der Waals surface area contributed by atoms with Gasteiger partial charge in [0.25, 0.3) is 11.5 Å². The minimum absolute atomic E-state index is 0.000811. The number of pyridine rings is 1. The molecule has 3 rings (SSSR count). The van der Waals surface area contributed by atoms with Crippen LogP contribution in [-0.2, 0) is 6.42 Å². The molecule has 2 unspecified atom stereocenters. The van der Waals surface area contributed by atoms with Crippen LogP contribution in [0, 0.1) is 5.92 Å². The second-order valence-corrected chi connectivity index (χ2v) is 8.35. The number of hydrogen-bond donors (Lipinski definition) is 2. The molecule has 154 valence electrons. The fourth-order valence-electron chi connectivity index (χ4n) is 3.87. The van der Waals surface area contributed by atoms with Gasteiger partial charge in [0.05, 0.1) is 6.04 Å². The van der Waals surface area contributed by atoms with E-state index < -0.39 is 11.5 Å². The first-order chi connectivity index (χ1) is 13.8. The van der Waals surface area contributed by atoms with Crippen LogP contribution in [0.3, 0.4) is 0 Å². The van der Waals surface area contributed by atoms with E-state index in [9.17, 15) is 14.4 Å². The van der Waals surface area contributed by atoms with Gasteiger partial charge in [0.15, 0.2) is 5.78 Å². The maximum absolute atomic E-state index is 12.9. The molecule has 1 aromatic carbocycles. The quantitative estimate of drug-likeness (QED) is 0.755. The van der Waals surface area contributed by atoms with Gasteiger partial charge in [-0.05, 0) is 48.3 Å². The summed E-state index contributed by atoms with van der Waals surface area (Å²) in [4.78, 5) is 40.3. The van der Waals surface area contributed by atoms with E-state index in [0.29, 0.717) is 30.0 Å². The number of aromatic amines is 1. The van der Waals surface area contributed by atoms with Gasteiger partial charge in [-0.25, -0.2) is 0 Å². The smallest absolute Gasteiger partial charge is 0.261 e. The van der Waals surface area contributed by atoms with E-state index in [-0.39, 0.29) is 23.3 Å². The summed E-state index contributed by atoms with van der Waals surface area (Å²) in [6, 6.07) is 9.55. The molecule has 2 N–H and O–H groups in total. The van der Waals surface area contributed by atoms with E-state index in [1.807, 2.05) is 26.0 Å². The van der Waals surface area contributed by atoms with Crippen LogP contribution in [0.25, 0.3) is 0 Å². The van der Waals surface area contributed by atoms with E-state index in [1.54, 1.807) is 0 Å². The van der Waals surface area contributed by atoms with Gasteiger partial charge >= 0.3 is 0 Å². The standard InChI is InChI=1S/C24H30N2O3/c1-5-15(4)16-9-11-17(12-10-16)22(14(2)3)26-24(29)19-13-18-20(25-23(19)28)7-6-8-21(18)27/h9-15,22H,5-8H2,1-4H3,(H,25,28)(H,26,29). The highest BCUT2D eigenvalue weighted by Gasteiger charge is 2.25. The maximum atomic E-state index is 12.9. The summed E-state index contributed by atoms with van der Waals surface area (Å²) in [6.07, 6.45) is 2.92. The molecule has 29 heavy (non-hydrogen) atoms. The van der Waals surface area contributed by atoms with Crippen LogP contribution in [0.5, 0.6) is 0 Å². The number of fused-ring (bicyclic) bond motifs is 1. The zero-order valence-corrected chi connectivity index (χ0v) is 17.7. The summed E-state index contributed by atoms with van der Waals surface area (Å²) >= 11 is 0. The van der Waals surface area contributed by atoms with Gasteiger partial charge in [-0.2, -0.15) is 0 Å². The number of ketones is 1.